The number of amides is 1. The fourth-order valence-corrected chi connectivity index (χ4v) is 5.43. The number of ether oxygens (including phenoxy) is 2. The summed E-state index contributed by atoms with van der Waals surface area (Å²) in [6.45, 7) is 4.06. The number of piperidine rings is 1. The third-order valence-electron chi connectivity index (χ3n) is 7.03. The number of para-hydroxylation sites is 2. The van der Waals surface area contributed by atoms with Crippen LogP contribution in [-0.4, -0.2) is 54.9 Å². The minimum Gasteiger partial charge on any atom is -0.489 e. The van der Waals surface area contributed by atoms with Crippen molar-refractivity contribution in [3.8, 4) is 5.75 Å². The number of hydrogen-bond donors (Lipinski definition) is 2. The van der Waals surface area contributed by atoms with Gasteiger partial charge >= 0.3 is 0 Å². The zero-order chi connectivity index (χ0) is 20.9. The van der Waals surface area contributed by atoms with Crippen molar-refractivity contribution in [2.24, 2.45) is 0 Å². The van der Waals surface area contributed by atoms with Crippen molar-refractivity contribution in [1.82, 2.24) is 10.2 Å². The van der Waals surface area contributed by atoms with E-state index in [4.69, 9.17) is 9.47 Å². The molecule has 1 amide bonds. The van der Waals surface area contributed by atoms with Crippen LogP contribution in [0.5, 0.6) is 5.75 Å². The van der Waals surface area contributed by atoms with E-state index >= 15 is 0 Å². The van der Waals surface area contributed by atoms with E-state index in [1.165, 1.54) is 5.57 Å². The molecule has 6 rings (SSSR count). The van der Waals surface area contributed by atoms with E-state index in [-0.39, 0.29) is 11.5 Å². The number of carbonyl (C=O) groups excluding carboxylic acids is 1. The Morgan fingerprint density at radius 3 is 2.71 bits per heavy atom. The van der Waals surface area contributed by atoms with E-state index < -0.39 is 5.66 Å². The summed E-state index contributed by atoms with van der Waals surface area (Å²) in [5.41, 5.74) is 3.40. The summed E-state index contributed by atoms with van der Waals surface area (Å²) in [5, 5.41) is 6.76. The molecule has 4 aliphatic rings. The highest BCUT2D eigenvalue weighted by Crippen LogP contribution is 2.43. The number of hydrogen-bond acceptors (Lipinski definition) is 5. The molecule has 6 heteroatoms. The number of nitrogens with one attached hydrogen (secondary N) is 2. The molecule has 2 fully saturated rings. The highest BCUT2D eigenvalue weighted by atomic mass is 16.5. The Bertz CT molecular complexity index is 1060. The van der Waals surface area contributed by atoms with Crippen molar-refractivity contribution < 1.29 is 14.3 Å². The van der Waals surface area contributed by atoms with E-state index in [2.05, 4.69) is 33.7 Å². The zero-order valence-corrected chi connectivity index (χ0v) is 17.5. The fraction of sp³-hybridized carbons (Fsp3) is 0.400. The van der Waals surface area contributed by atoms with Crippen molar-refractivity contribution in [3.63, 3.8) is 0 Å². The lowest BCUT2D eigenvalue weighted by Crippen LogP contribution is -2.59. The maximum Gasteiger partial charge on any atom is 0.255 e. The first-order valence-electron chi connectivity index (χ1n) is 11.1. The van der Waals surface area contributed by atoms with E-state index in [1.807, 2.05) is 36.4 Å². The Morgan fingerprint density at radius 2 is 1.81 bits per heavy atom. The molecule has 2 spiro atoms. The third kappa shape index (κ3) is 3.40. The van der Waals surface area contributed by atoms with Gasteiger partial charge in [0.15, 0.2) is 0 Å². The molecule has 1 atom stereocenters. The van der Waals surface area contributed by atoms with Gasteiger partial charge in [-0.05, 0) is 42.7 Å². The van der Waals surface area contributed by atoms with Crippen molar-refractivity contribution in [3.05, 3.63) is 65.2 Å². The molecular formula is C25H27N3O3. The molecule has 2 aromatic rings. The lowest BCUT2D eigenvalue weighted by atomic mass is 9.84. The molecule has 31 heavy (non-hydrogen) atoms. The highest BCUT2D eigenvalue weighted by Gasteiger charge is 2.53. The average Bonchev–Trinajstić information content (AvgIpc) is 3.12. The fourth-order valence-electron chi connectivity index (χ4n) is 5.43. The third-order valence-corrected chi connectivity index (χ3v) is 7.03. The maximum atomic E-state index is 12.6. The standard InChI is InChI=1S/C25H27N3O3/c29-23-20-6-2-3-7-21(20)26-25(27-23)16-24(31-17-25)9-11-28(12-10-24)14-18-13-19-5-1-4-8-22(19)30-15-18/h1-8,13,26H,9-12,14-17H2,(H,27,29). The first kappa shape index (κ1) is 18.9. The van der Waals surface area contributed by atoms with E-state index in [0.717, 1.165) is 55.9 Å². The Labute approximate surface area is 182 Å². The van der Waals surface area contributed by atoms with Gasteiger partial charge in [0.05, 0.1) is 17.8 Å². The summed E-state index contributed by atoms with van der Waals surface area (Å²) in [6, 6.07) is 15.9. The summed E-state index contributed by atoms with van der Waals surface area (Å²) < 4.78 is 12.3. The second-order valence-electron chi connectivity index (χ2n) is 9.26. The molecule has 4 heterocycles. The van der Waals surface area contributed by atoms with Crippen molar-refractivity contribution in [2.45, 2.75) is 30.5 Å². The number of benzene rings is 2. The highest BCUT2D eigenvalue weighted by molar-refractivity contribution is 6.02. The molecule has 0 aromatic heterocycles. The summed E-state index contributed by atoms with van der Waals surface area (Å²) in [5.74, 6) is 0.953. The van der Waals surface area contributed by atoms with Crippen LogP contribution in [0, 0.1) is 0 Å². The van der Waals surface area contributed by atoms with Gasteiger partial charge in [-0.1, -0.05) is 30.3 Å². The first-order chi connectivity index (χ1) is 15.1. The molecule has 2 saturated heterocycles. The van der Waals surface area contributed by atoms with Crippen LogP contribution in [0.4, 0.5) is 5.69 Å². The summed E-state index contributed by atoms with van der Waals surface area (Å²) in [4.78, 5) is 15.1. The smallest absolute Gasteiger partial charge is 0.255 e. The Morgan fingerprint density at radius 1 is 1.00 bits per heavy atom. The molecule has 6 nitrogen and oxygen atoms in total. The second-order valence-corrected chi connectivity index (χ2v) is 9.26. The van der Waals surface area contributed by atoms with Gasteiger partial charge in [0.1, 0.15) is 18.0 Å². The molecule has 2 aromatic carbocycles. The van der Waals surface area contributed by atoms with Gasteiger partial charge in [-0.3, -0.25) is 9.69 Å². The average molecular weight is 418 g/mol. The Balaban J connectivity index is 1.10. The second kappa shape index (κ2) is 7.11. The number of carbonyl (C=O) groups is 1. The quantitative estimate of drug-likeness (QED) is 0.785. The summed E-state index contributed by atoms with van der Waals surface area (Å²) in [7, 11) is 0. The SMILES string of the molecule is O=C1NC2(COC3(CCN(CC4=Cc5ccccc5OC4)CC3)C2)Nc2ccccc21. The van der Waals surface area contributed by atoms with Crippen LogP contribution < -0.4 is 15.4 Å². The van der Waals surface area contributed by atoms with Crippen LogP contribution in [0.25, 0.3) is 6.08 Å². The predicted octanol–water partition coefficient (Wildman–Crippen LogP) is 3.27. The Hall–Kier alpha value is -2.83. The van der Waals surface area contributed by atoms with E-state index in [9.17, 15) is 4.79 Å². The molecule has 0 bridgehead atoms. The summed E-state index contributed by atoms with van der Waals surface area (Å²) >= 11 is 0. The minimum atomic E-state index is -0.503. The largest absolute Gasteiger partial charge is 0.489 e. The predicted molar refractivity (Wildman–Crippen MR) is 119 cm³/mol. The van der Waals surface area contributed by atoms with Crippen LogP contribution in [0.1, 0.15) is 35.2 Å². The molecule has 160 valence electrons. The molecule has 0 saturated carbocycles. The lowest BCUT2D eigenvalue weighted by molar-refractivity contribution is -0.0425. The minimum absolute atomic E-state index is 0.0167. The summed E-state index contributed by atoms with van der Waals surface area (Å²) in [6.07, 6.45) is 5.01. The zero-order valence-electron chi connectivity index (χ0n) is 17.5. The number of fused-ring (bicyclic) bond motifs is 2. The number of likely N-dealkylation sites (tertiary alicyclic amines) is 1. The van der Waals surface area contributed by atoms with Gasteiger partial charge < -0.3 is 20.1 Å². The first-order valence-corrected chi connectivity index (χ1v) is 11.1. The van der Waals surface area contributed by atoms with Gasteiger partial charge in [-0.25, -0.2) is 0 Å². The number of nitrogens with zero attached hydrogens (tertiary/aromatic N) is 1. The van der Waals surface area contributed by atoms with Crippen molar-refractivity contribution in [1.29, 1.82) is 0 Å². The number of anilines is 1. The van der Waals surface area contributed by atoms with Gasteiger partial charge in [-0.2, -0.15) is 0 Å². The van der Waals surface area contributed by atoms with Gasteiger partial charge in [-0.15, -0.1) is 0 Å². The molecular weight excluding hydrogens is 390 g/mol. The molecule has 2 N–H and O–H groups in total. The van der Waals surface area contributed by atoms with Gasteiger partial charge in [0.2, 0.25) is 0 Å². The monoisotopic (exact) mass is 417 g/mol. The molecule has 0 aliphatic carbocycles. The number of rotatable bonds is 2. The van der Waals surface area contributed by atoms with Crippen LogP contribution in [0.2, 0.25) is 0 Å². The lowest BCUT2D eigenvalue weighted by Gasteiger charge is -2.41. The van der Waals surface area contributed by atoms with Crippen LogP contribution in [0.3, 0.4) is 0 Å². The Kier molecular flexibility index (Phi) is 4.33. The van der Waals surface area contributed by atoms with E-state index in [0.29, 0.717) is 18.8 Å². The van der Waals surface area contributed by atoms with Gasteiger partial charge in [0, 0.05) is 37.3 Å². The topological polar surface area (TPSA) is 62.8 Å². The van der Waals surface area contributed by atoms with E-state index in [1.54, 1.807) is 0 Å². The van der Waals surface area contributed by atoms with Crippen LogP contribution >= 0.6 is 0 Å². The molecule has 0 radical (unpaired) electrons. The van der Waals surface area contributed by atoms with Crippen LogP contribution in [0.15, 0.2) is 54.1 Å². The molecule has 4 aliphatic heterocycles. The van der Waals surface area contributed by atoms with Crippen molar-refractivity contribution in [2.75, 3.05) is 38.2 Å². The van der Waals surface area contributed by atoms with Gasteiger partial charge in [0.25, 0.3) is 5.91 Å². The normalized spacial score (nSPS) is 26.5. The molecule has 1 unspecified atom stereocenters. The van der Waals surface area contributed by atoms with Crippen LogP contribution in [-0.2, 0) is 4.74 Å². The van der Waals surface area contributed by atoms with Crippen molar-refractivity contribution >= 4 is 17.7 Å². The maximum absolute atomic E-state index is 12.6.